The van der Waals surface area contributed by atoms with E-state index in [1.165, 1.54) is 44.9 Å². The lowest BCUT2D eigenvalue weighted by Gasteiger charge is -2.29. The van der Waals surface area contributed by atoms with Gasteiger partial charge in [0.15, 0.2) is 6.54 Å². The molecule has 0 aliphatic heterocycles. The Balaban J connectivity index is 0. The third-order valence-corrected chi connectivity index (χ3v) is 3.92. The molecule has 5 N–H and O–H groups in total. The number of hydrogen-bond acceptors (Lipinski definition) is 8. The highest BCUT2D eigenvalue weighted by Gasteiger charge is 2.34. The van der Waals surface area contributed by atoms with Crippen molar-refractivity contribution in [3.63, 3.8) is 0 Å². The minimum atomic E-state index is -4.67. The van der Waals surface area contributed by atoms with Gasteiger partial charge in [-0.15, -0.1) is 14.5 Å². The second-order valence-electron chi connectivity index (χ2n) is 6.63. The van der Waals surface area contributed by atoms with Crippen LogP contribution >= 0.6 is 0 Å². The van der Waals surface area contributed by atoms with E-state index in [2.05, 4.69) is 6.92 Å². The first-order chi connectivity index (χ1) is 14.2. The third-order valence-electron chi connectivity index (χ3n) is 3.92. The highest BCUT2D eigenvalue weighted by Crippen LogP contribution is 2.16. The molecule has 0 fully saturated rings. The van der Waals surface area contributed by atoms with E-state index in [9.17, 15) is 0 Å². The third kappa shape index (κ3) is 25.6. The van der Waals surface area contributed by atoms with Gasteiger partial charge in [0.25, 0.3) is 0 Å². The Hall–Kier alpha value is -0.410. The minimum absolute atomic E-state index is 0.0641. The predicted molar refractivity (Wildman–Crippen MR) is 110 cm³/mol. The molecular weight excluding hydrogens is 422 g/mol. The Labute approximate surface area is 180 Å². The molecule has 0 aromatic rings. The average molecular weight is 465 g/mol. The molecule has 0 bridgehead atoms. The SMILES string of the molecule is CCCCCCCCCCCC[N+](OCCO)(OCCO)OCCO.O=S(=O)(O)O. The number of unbranched alkanes of at least 4 members (excludes halogenated alkanes) is 9. The average Bonchev–Trinajstić information content (AvgIpc) is 2.69. The van der Waals surface area contributed by atoms with Crippen LogP contribution in [-0.4, -0.2) is 84.0 Å². The van der Waals surface area contributed by atoms with Gasteiger partial charge >= 0.3 is 10.4 Å². The van der Waals surface area contributed by atoms with Crippen LogP contribution in [0.1, 0.15) is 71.1 Å². The molecule has 30 heavy (non-hydrogen) atoms. The molecule has 0 aliphatic carbocycles. The summed E-state index contributed by atoms with van der Waals surface area (Å²) in [5.41, 5.74) is 0. The van der Waals surface area contributed by atoms with E-state index in [-0.39, 0.29) is 39.6 Å². The van der Waals surface area contributed by atoms with E-state index in [0.717, 1.165) is 19.3 Å². The zero-order valence-corrected chi connectivity index (χ0v) is 19.0. The molecule has 0 aromatic heterocycles. The topological polar surface area (TPSA) is 163 Å². The summed E-state index contributed by atoms with van der Waals surface area (Å²) in [6, 6.07) is 0. The molecule has 0 atom stereocenters. The fraction of sp³-hybridized carbons (Fsp3) is 1.00. The van der Waals surface area contributed by atoms with Crippen LogP contribution in [0.3, 0.4) is 0 Å². The number of nitrogens with zero attached hydrogens (tertiary/aromatic N) is 1. The monoisotopic (exact) mass is 464 g/mol. The Kier molecular flexibility index (Phi) is 23.1. The van der Waals surface area contributed by atoms with Crippen LogP contribution in [0.2, 0.25) is 0 Å². The van der Waals surface area contributed by atoms with Crippen molar-refractivity contribution in [3.05, 3.63) is 0 Å². The van der Waals surface area contributed by atoms with Crippen molar-refractivity contribution >= 4 is 10.4 Å². The smallest absolute Gasteiger partial charge is 0.394 e. The van der Waals surface area contributed by atoms with Crippen LogP contribution in [0.15, 0.2) is 0 Å². The van der Waals surface area contributed by atoms with Crippen molar-refractivity contribution in [2.24, 2.45) is 0 Å². The Morgan fingerprint density at radius 2 is 0.933 bits per heavy atom. The summed E-state index contributed by atoms with van der Waals surface area (Å²) in [5.74, 6) is 0. The molecule has 0 radical (unpaired) electrons. The van der Waals surface area contributed by atoms with E-state index in [1.807, 2.05) is 0 Å². The van der Waals surface area contributed by atoms with Gasteiger partial charge in [0, 0.05) is 6.42 Å². The Bertz CT molecular complexity index is 420. The van der Waals surface area contributed by atoms with Crippen molar-refractivity contribution in [3.8, 4) is 0 Å². The second kappa shape index (κ2) is 21.8. The number of rotatable bonds is 20. The predicted octanol–water partition coefficient (Wildman–Crippen LogP) is 1.84. The number of quaternary nitrogens is 1. The quantitative estimate of drug-likeness (QED) is 0.0777. The molecule has 0 rings (SSSR count). The van der Waals surface area contributed by atoms with Gasteiger partial charge in [0.2, 0.25) is 0 Å². The van der Waals surface area contributed by atoms with E-state index in [4.69, 9.17) is 47.4 Å². The van der Waals surface area contributed by atoms with Crippen molar-refractivity contribution in [1.82, 2.24) is 0 Å². The van der Waals surface area contributed by atoms with Crippen molar-refractivity contribution in [2.45, 2.75) is 71.1 Å². The largest absolute Gasteiger partial charge is 0.394 e. The van der Waals surface area contributed by atoms with E-state index < -0.39 is 15.4 Å². The van der Waals surface area contributed by atoms with Crippen LogP contribution in [0, 0.1) is 0 Å². The van der Waals surface area contributed by atoms with Crippen LogP contribution < -0.4 is 0 Å². The number of aliphatic hydroxyl groups excluding tert-OH is 3. The molecule has 0 saturated heterocycles. The van der Waals surface area contributed by atoms with Crippen molar-refractivity contribution in [2.75, 3.05) is 46.2 Å². The lowest BCUT2D eigenvalue weighted by atomic mass is 10.1. The van der Waals surface area contributed by atoms with Crippen LogP contribution in [-0.2, 0) is 24.9 Å². The summed E-state index contributed by atoms with van der Waals surface area (Å²) in [4.78, 5) is 15.9. The highest BCUT2D eigenvalue weighted by molar-refractivity contribution is 7.79. The molecule has 0 unspecified atom stereocenters. The van der Waals surface area contributed by atoms with E-state index in [0.29, 0.717) is 6.54 Å². The maximum atomic E-state index is 8.98. The van der Waals surface area contributed by atoms with Crippen molar-refractivity contribution in [1.29, 1.82) is 0 Å². The van der Waals surface area contributed by atoms with Crippen LogP contribution in [0.4, 0.5) is 0 Å². The number of aliphatic hydroxyl groups is 3. The molecule has 0 spiro atoms. The standard InChI is InChI=1S/C18H40NO6.H2O4S/c1-2-3-4-5-6-7-8-9-10-11-12-19(23-16-13-20,24-17-14-21)25-18-15-22;1-5(2,3)4/h20-22H,2-18H2,1H3;(H2,1,2,3,4)/q+1;. The first-order valence-corrected chi connectivity index (χ1v) is 12.0. The minimum Gasteiger partial charge on any atom is -0.394 e. The molecule has 0 heterocycles. The molecule has 0 saturated carbocycles. The molecule has 184 valence electrons. The normalized spacial score (nSPS) is 11.9. The molecule has 11 nitrogen and oxygen atoms in total. The summed E-state index contributed by atoms with van der Waals surface area (Å²) < 4.78 is 31.6. The van der Waals surface area contributed by atoms with Gasteiger partial charge < -0.3 is 15.3 Å². The summed E-state index contributed by atoms with van der Waals surface area (Å²) >= 11 is 0. The molecular formula is C18H42NO10S+. The summed E-state index contributed by atoms with van der Waals surface area (Å²) in [6.45, 7) is 2.43. The lowest BCUT2D eigenvalue weighted by molar-refractivity contribution is -1.37. The van der Waals surface area contributed by atoms with Crippen LogP contribution in [0.25, 0.3) is 0 Å². The number of hydroxylamine groups is 3. The van der Waals surface area contributed by atoms with Gasteiger partial charge in [-0.2, -0.15) is 8.42 Å². The van der Waals surface area contributed by atoms with Crippen molar-refractivity contribution < 1.29 is 52.3 Å². The summed E-state index contributed by atoms with van der Waals surface area (Å²) in [7, 11) is -4.67. The van der Waals surface area contributed by atoms with Crippen LogP contribution in [0.5, 0.6) is 0 Å². The fourth-order valence-corrected chi connectivity index (χ4v) is 2.64. The van der Waals surface area contributed by atoms with E-state index in [1.54, 1.807) is 0 Å². The van der Waals surface area contributed by atoms with Gasteiger partial charge in [-0.1, -0.05) is 58.3 Å². The summed E-state index contributed by atoms with van der Waals surface area (Å²) in [5, 5.41) is 26.9. The van der Waals surface area contributed by atoms with E-state index >= 15 is 0 Å². The van der Waals surface area contributed by atoms with Gasteiger partial charge in [-0.05, 0) is 6.42 Å². The highest BCUT2D eigenvalue weighted by atomic mass is 32.3. The Morgan fingerprint density at radius 1 is 0.633 bits per heavy atom. The van der Waals surface area contributed by atoms with Gasteiger partial charge in [0.05, 0.1) is 24.8 Å². The molecule has 0 amide bonds. The first kappa shape index (κ1) is 31.8. The molecule has 0 aliphatic rings. The zero-order valence-electron chi connectivity index (χ0n) is 18.2. The maximum Gasteiger partial charge on any atom is 0.394 e. The Morgan fingerprint density at radius 3 is 1.23 bits per heavy atom. The van der Waals surface area contributed by atoms with Gasteiger partial charge in [0.1, 0.15) is 19.8 Å². The summed E-state index contributed by atoms with van der Waals surface area (Å²) in [6.07, 6.45) is 12.2. The second-order valence-corrected chi connectivity index (χ2v) is 7.53. The zero-order chi connectivity index (χ0) is 23.1. The molecule has 0 aromatic carbocycles. The lowest BCUT2D eigenvalue weighted by Crippen LogP contribution is -2.50. The number of hydrogen-bond donors (Lipinski definition) is 5. The maximum absolute atomic E-state index is 8.98. The molecule has 12 heteroatoms. The van der Waals surface area contributed by atoms with Gasteiger partial charge in [-0.3, -0.25) is 9.11 Å². The first-order valence-electron chi connectivity index (χ1n) is 10.6. The van der Waals surface area contributed by atoms with Gasteiger partial charge in [-0.25, -0.2) is 0 Å². The fourth-order valence-electron chi connectivity index (χ4n) is 2.64.